The largest absolute Gasteiger partial charge is 0.508 e. The number of fused-ring (bicyclic) bond motifs is 1. The van der Waals surface area contributed by atoms with Gasteiger partial charge in [0.2, 0.25) is 11.8 Å². The normalized spacial score (nSPS) is 28.3. The van der Waals surface area contributed by atoms with E-state index in [-0.39, 0.29) is 23.5 Å². The number of halogens is 2. The first-order valence-corrected chi connectivity index (χ1v) is 7.93. The van der Waals surface area contributed by atoms with Crippen molar-refractivity contribution in [2.75, 3.05) is 6.54 Å². The molecule has 118 valence electrons. The Morgan fingerprint density at radius 2 is 2.05 bits per heavy atom. The number of piperidine rings is 1. The molecule has 1 aromatic rings. The van der Waals surface area contributed by atoms with Crippen LogP contribution in [-0.4, -0.2) is 40.4 Å². The highest BCUT2D eigenvalue weighted by Gasteiger charge is 2.43. The molecule has 3 atom stereocenters. The van der Waals surface area contributed by atoms with Crippen LogP contribution in [0.2, 0.25) is 10.0 Å². The van der Waals surface area contributed by atoms with E-state index >= 15 is 0 Å². The molecule has 1 unspecified atom stereocenters. The zero-order valence-electron chi connectivity index (χ0n) is 12.0. The van der Waals surface area contributed by atoms with Crippen molar-refractivity contribution in [3.05, 3.63) is 27.7 Å². The van der Waals surface area contributed by atoms with Crippen LogP contribution < -0.4 is 5.32 Å². The van der Waals surface area contributed by atoms with Gasteiger partial charge in [-0.15, -0.1) is 0 Å². The Labute approximate surface area is 138 Å². The predicted octanol–water partition coefficient (Wildman–Crippen LogP) is 2.29. The number of carbonyl (C=O) groups excluding carboxylic acids is 2. The summed E-state index contributed by atoms with van der Waals surface area (Å²) in [4.78, 5) is 25.9. The Hall–Kier alpha value is -1.46. The molecule has 2 saturated heterocycles. The van der Waals surface area contributed by atoms with Crippen molar-refractivity contribution in [2.24, 2.45) is 0 Å². The number of hydrogen-bond acceptors (Lipinski definition) is 3. The number of benzene rings is 1. The van der Waals surface area contributed by atoms with Crippen LogP contribution in [0, 0.1) is 0 Å². The van der Waals surface area contributed by atoms with Crippen molar-refractivity contribution in [1.82, 2.24) is 10.2 Å². The molecule has 0 aliphatic carbocycles. The van der Waals surface area contributed by atoms with E-state index in [1.54, 1.807) is 11.8 Å². The van der Waals surface area contributed by atoms with Gasteiger partial charge in [-0.2, -0.15) is 0 Å². The third kappa shape index (κ3) is 2.42. The van der Waals surface area contributed by atoms with E-state index < -0.39 is 12.1 Å². The first kappa shape index (κ1) is 15.4. The lowest BCUT2D eigenvalue weighted by molar-refractivity contribution is -0.151. The van der Waals surface area contributed by atoms with Crippen molar-refractivity contribution in [3.63, 3.8) is 0 Å². The number of piperazine rings is 1. The van der Waals surface area contributed by atoms with E-state index in [1.807, 2.05) is 0 Å². The maximum absolute atomic E-state index is 12.2. The molecular formula is C15H16Cl2N2O3. The summed E-state index contributed by atoms with van der Waals surface area (Å²) < 4.78 is 0. The van der Waals surface area contributed by atoms with Gasteiger partial charge in [-0.25, -0.2) is 0 Å². The average Bonchev–Trinajstić information content (AvgIpc) is 2.49. The van der Waals surface area contributed by atoms with Gasteiger partial charge in [-0.05, 0) is 37.8 Å². The number of hydrogen-bond donors (Lipinski definition) is 2. The van der Waals surface area contributed by atoms with Crippen LogP contribution in [0.3, 0.4) is 0 Å². The molecule has 3 rings (SSSR count). The van der Waals surface area contributed by atoms with Gasteiger partial charge in [0.25, 0.3) is 0 Å². The summed E-state index contributed by atoms with van der Waals surface area (Å²) in [6.45, 7) is 2.15. The lowest BCUT2D eigenvalue weighted by atomic mass is 9.83. The van der Waals surface area contributed by atoms with E-state index in [9.17, 15) is 14.7 Å². The number of phenolic OH excluding ortho intramolecular Hbond substituents is 1. The van der Waals surface area contributed by atoms with Gasteiger partial charge in [0.1, 0.15) is 17.8 Å². The average molecular weight is 343 g/mol. The minimum atomic E-state index is -0.517. The molecule has 2 aliphatic heterocycles. The number of nitrogens with zero attached hydrogens (tertiary/aromatic N) is 1. The van der Waals surface area contributed by atoms with E-state index in [1.165, 1.54) is 12.1 Å². The molecule has 0 bridgehead atoms. The predicted molar refractivity (Wildman–Crippen MR) is 83.2 cm³/mol. The van der Waals surface area contributed by atoms with Gasteiger partial charge in [0.05, 0.1) is 10.0 Å². The van der Waals surface area contributed by atoms with Crippen LogP contribution in [-0.2, 0) is 9.59 Å². The van der Waals surface area contributed by atoms with Gasteiger partial charge < -0.3 is 15.3 Å². The fraction of sp³-hybridized carbons (Fsp3) is 0.467. The Balaban J connectivity index is 1.90. The Kier molecular flexibility index (Phi) is 3.95. The second-order valence-electron chi connectivity index (χ2n) is 5.79. The summed E-state index contributed by atoms with van der Waals surface area (Å²) in [6.07, 6.45) is 1.06. The van der Waals surface area contributed by atoms with Gasteiger partial charge in [-0.3, -0.25) is 9.59 Å². The van der Waals surface area contributed by atoms with Gasteiger partial charge in [0, 0.05) is 12.1 Å². The number of amides is 2. The molecule has 2 amide bonds. The molecule has 22 heavy (non-hydrogen) atoms. The summed E-state index contributed by atoms with van der Waals surface area (Å²) in [5, 5.41) is 13.5. The van der Waals surface area contributed by atoms with Crippen molar-refractivity contribution < 1.29 is 14.7 Å². The molecule has 2 heterocycles. The van der Waals surface area contributed by atoms with E-state index in [2.05, 4.69) is 5.32 Å². The lowest BCUT2D eigenvalue weighted by Crippen LogP contribution is -2.64. The third-order valence-electron chi connectivity index (χ3n) is 4.44. The van der Waals surface area contributed by atoms with Crippen molar-refractivity contribution in [3.8, 4) is 5.75 Å². The van der Waals surface area contributed by atoms with Crippen molar-refractivity contribution >= 4 is 35.0 Å². The van der Waals surface area contributed by atoms with Crippen molar-refractivity contribution in [1.29, 1.82) is 0 Å². The zero-order valence-corrected chi connectivity index (χ0v) is 13.5. The first-order chi connectivity index (χ1) is 10.4. The van der Waals surface area contributed by atoms with Crippen LogP contribution in [0.4, 0.5) is 0 Å². The second kappa shape index (κ2) is 5.63. The second-order valence-corrected chi connectivity index (χ2v) is 6.58. The smallest absolute Gasteiger partial charge is 0.245 e. The molecule has 5 nitrogen and oxygen atoms in total. The molecule has 0 aromatic heterocycles. The Morgan fingerprint density at radius 1 is 1.32 bits per heavy atom. The third-order valence-corrected chi connectivity index (χ3v) is 5.25. The number of phenols is 1. The molecule has 0 radical (unpaired) electrons. The van der Waals surface area contributed by atoms with Gasteiger partial charge >= 0.3 is 0 Å². The number of aromatic hydroxyl groups is 1. The molecule has 0 saturated carbocycles. The summed E-state index contributed by atoms with van der Waals surface area (Å²) in [5.74, 6) is -0.262. The highest BCUT2D eigenvalue weighted by atomic mass is 35.5. The summed E-state index contributed by atoms with van der Waals surface area (Å²) in [5.41, 5.74) is 0.563. The molecular weight excluding hydrogens is 327 g/mol. The minimum absolute atomic E-state index is 0.0653. The topological polar surface area (TPSA) is 69.6 Å². The summed E-state index contributed by atoms with van der Waals surface area (Å²) >= 11 is 12.2. The van der Waals surface area contributed by atoms with Gasteiger partial charge in [-0.1, -0.05) is 23.2 Å². The summed E-state index contributed by atoms with van der Waals surface area (Å²) in [6, 6.07) is 2.04. The van der Waals surface area contributed by atoms with E-state index in [4.69, 9.17) is 23.2 Å². The number of carbonyl (C=O) groups is 2. The van der Waals surface area contributed by atoms with Crippen LogP contribution >= 0.6 is 23.2 Å². The summed E-state index contributed by atoms with van der Waals surface area (Å²) in [7, 11) is 0. The Bertz CT molecular complexity index is 650. The minimum Gasteiger partial charge on any atom is -0.508 e. The first-order valence-electron chi connectivity index (χ1n) is 7.18. The molecule has 2 N–H and O–H groups in total. The van der Waals surface area contributed by atoms with E-state index in [0.29, 0.717) is 35.0 Å². The molecule has 0 spiro atoms. The molecule has 2 fully saturated rings. The highest BCUT2D eigenvalue weighted by Crippen LogP contribution is 2.43. The number of nitrogens with one attached hydrogen (secondary N) is 1. The quantitative estimate of drug-likeness (QED) is 0.822. The maximum Gasteiger partial charge on any atom is 0.245 e. The van der Waals surface area contributed by atoms with Gasteiger partial charge in [0.15, 0.2) is 0 Å². The standard InChI is InChI=1S/C15H16Cl2N2O3/c1-7-15(22)19-5-4-8(6-10(19)14(21)18-7)12-11(20)3-2-9(16)13(12)17/h2-3,7-8,10,20H,4-6H2,1H3,(H,18,21)/t7-,8?,10-/m1/s1. The van der Waals surface area contributed by atoms with Crippen LogP contribution in [0.25, 0.3) is 0 Å². The molecule has 2 aliphatic rings. The fourth-order valence-electron chi connectivity index (χ4n) is 3.30. The van der Waals surface area contributed by atoms with Crippen LogP contribution in [0.1, 0.15) is 31.2 Å². The monoisotopic (exact) mass is 342 g/mol. The molecule has 1 aromatic carbocycles. The van der Waals surface area contributed by atoms with Crippen molar-refractivity contribution in [2.45, 2.75) is 37.8 Å². The van der Waals surface area contributed by atoms with E-state index in [0.717, 1.165) is 0 Å². The highest BCUT2D eigenvalue weighted by molar-refractivity contribution is 6.42. The maximum atomic E-state index is 12.2. The lowest BCUT2D eigenvalue weighted by Gasteiger charge is -2.43. The zero-order chi connectivity index (χ0) is 16.0. The van der Waals surface area contributed by atoms with Crippen LogP contribution in [0.15, 0.2) is 12.1 Å². The fourth-order valence-corrected chi connectivity index (χ4v) is 3.78. The molecule has 7 heteroatoms. The Morgan fingerprint density at radius 3 is 2.77 bits per heavy atom. The van der Waals surface area contributed by atoms with Crippen LogP contribution in [0.5, 0.6) is 5.75 Å². The number of rotatable bonds is 1. The SMILES string of the molecule is C[C@H]1NC(=O)[C@H]2CC(c3c(O)ccc(Cl)c3Cl)CCN2C1=O.